The Balaban J connectivity index is 1.71. The van der Waals surface area contributed by atoms with E-state index in [-0.39, 0.29) is 0 Å². The molecule has 1 N–H and O–H groups in total. The zero-order valence-electron chi connectivity index (χ0n) is 11.7. The third-order valence-electron chi connectivity index (χ3n) is 3.40. The Morgan fingerprint density at radius 2 is 1.95 bits per heavy atom. The van der Waals surface area contributed by atoms with Crippen molar-refractivity contribution in [2.75, 3.05) is 0 Å². The van der Waals surface area contributed by atoms with Gasteiger partial charge in [0.25, 0.3) is 0 Å². The molecule has 0 fully saturated rings. The van der Waals surface area contributed by atoms with Gasteiger partial charge in [0.15, 0.2) is 0 Å². The lowest BCUT2D eigenvalue weighted by atomic mass is 10.1. The lowest BCUT2D eigenvalue weighted by Crippen LogP contribution is -2.13. The predicted molar refractivity (Wildman–Crippen MR) is 78.3 cm³/mol. The van der Waals surface area contributed by atoms with E-state index in [1.165, 1.54) is 10.9 Å². The number of oxazole rings is 1. The summed E-state index contributed by atoms with van der Waals surface area (Å²) in [5, 5.41) is 4.55. The van der Waals surface area contributed by atoms with Crippen LogP contribution in [0.25, 0.3) is 10.9 Å². The molecule has 4 nitrogen and oxygen atoms in total. The number of hydrogen-bond donors (Lipinski definition) is 1. The van der Waals surface area contributed by atoms with Crippen LogP contribution in [0.15, 0.2) is 40.9 Å². The van der Waals surface area contributed by atoms with Crippen molar-refractivity contribution in [3.05, 3.63) is 59.4 Å². The van der Waals surface area contributed by atoms with Gasteiger partial charge in [-0.15, -0.1) is 0 Å². The van der Waals surface area contributed by atoms with Crippen molar-refractivity contribution in [1.29, 1.82) is 0 Å². The number of aryl methyl sites for hydroxylation is 2. The van der Waals surface area contributed by atoms with Gasteiger partial charge in [0.2, 0.25) is 5.89 Å². The molecule has 2 heterocycles. The van der Waals surface area contributed by atoms with Gasteiger partial charge >= 0.3 is 0 Å². The van der Waals surface area contributed by atoms with Crippen LogP contribution in [0.5, 0.6) is 0 Å². The summed E-state index contributed by atoms with van der Waals surface area (Å²) in [7, 11) is 0. The topological polar surface area (TPSA) is 51.0 Å². The summed E-state index contributed by atoms with van der Waals surface area (Å²) in [5.74, 6) is 1.62. The molecule has 0 spiro atoms. The maximum atomic E-state index is 5.55. The Bertz CT molecular complexity index is 709. The van der Waals surface area contributed by atoms with Crippen molar-refractivity contribution in [1.82, 2.24) is 15.3 Å². The number of hydrogen-bond acceptors (Lipinski definition) is 4. The number of nitrogens with one attached hydrogen (secondary N) is 1. The summed E-state index contributed by atoms with van der Waals surface area (Å²) >= 11 is 0. The van der Waals surface area contributed by atoms with Crippen LogP contribution in [-0.2, 0) is 13.1 Å². The van der Waals surface area contributed by atoms with E-state index in [4.69, 9.17) is 4.42 Å². The fraction of sp³-hybridized carbons (Fsp3) is 0.250. The minimum absolute atomic E-state index is 0.630. The fourth-order valence-electron chi connectivity index (χ4n) is 2.23. The quantitative estimate of drug-likeness (QED) is 0.789. The molecule has 20 heavy (non-hydrogen) atoms. The second-order valence-corrected chi connectivity index (χ2v) is 4.84. The van der Waals surface area contributed by atoms with E-state index in [0.29, 0.717) is 6.54 Å². The van der Waals surface area contributed by atoms with Crippen molar-refractivity contribution in [2.24, 2.45) is 0 Å². The van der Waals surface area contributed by atoms with Gasteiger partial charge in [-0.1, -0.05) is 18.2 Å². The first-order valence-electron chi connectivity index (χ1n) is 6.70. The molecular formula is C16H17N3O. The smallest absolute Gasteiger partial charge is 0.208 e. The number of rotatable bonds is 4. The Kier molecular flexibility index (Phi) is 3.48. The maximum Gasteiger partial charge on any atom is 0.208 e. The van der Waals surface area contributed by atoms with Crippen LogP contribution in [0.2, 0.25) is 0 Å². The Labute approximate surface area is 117 Å². The first-order chi connectivity index (χ1) is 9.74. The van der Waals surface area contributed by atoms with E-state index in [2.05, 4.69) is 21.4 Å². The highest BCUT2D eigenvalue weighted by Crippen LogP contribution is 2.16. The number of nitrogens with zero attached hydrogens (tertiary/aromatic N) is 2. The van der Waals surface area contributed by atoms with Crippen molar-refractivity contribution in [3.8, 4) is 0 Å². The van der Waals surface area contributed by atoms with Gasteiger partial charge < -0.3 is 9.73 Å². The van der Waals surface area contributed by atoms with Gasteiger partial charge in [-0.3, -0.25) is 4.98 Å². The highest BCUT2D eigenvalue weighted by atomic mass is 16.4. The van der Waals surface area contributed by atoms with E-state index in [1.54, 1.807) is 0 Å². The average Bonchev–Trinajstić information content (AvgIpc) is 2.78. The van der Waals surface area contributed by atoms with Crippen molar-refractivity contribution >= 4 is 10.9 Å². The molecule has 0 unspecified atom stereocenters. The van der Waals surface area contributed by atoms with Crippen LogP contribution < -0.4 is 5.32 Å². The SMILES string of the molecule is Cc1nc(CNCc2ccnc3ccccc23)oc1C. The van der Waals surface area contributed by atoms with E-state index in [1.807, 2.05) is 44.3 Å². The minimum atomic E-state index is 0.630. The average molecular weight is 267 g/mol. The first-order valence-corrected chi connectivity index (χ1v) is 6.70. The normalized spacial score (nSPS) is 11.1. The molecule has 4 heteroatoms. The molecule has 0 aliphatic carbocycles. The van der Waals surface area contributed by atoms with Crippen molar-refractivity contribution < 1.29 is 4.42 Å². The third-order valence-corrected chi connectivity index (χ3v) is 3.40. The standard InChI is InChI=1S/C16H17N3O/c1-11-12(2)20-16(19-11)10-17-9-13-7-8-18-15-6-4-3-5-14(13)15/h3-8,17H,9-10H2,1-2H3. The predicted octanol–water partition coefficient (Wildman–Crippen LogP) is 3.13. The van der Waals surface area contributed by atoms with Crippen LogP contribution >= 0.6 is 0 Å². The molecule has 0 saturated heterocycles. The number of para-hydroxylation sites is 1. The number of fused-ring (bicyclic) bond motifs is 1. The van der Waals surface area contributed by atoms with Crippen LogP contribution in [0.3, 0.4) is 0 Å². The Morgan fingerprint density at radius 1 is 1.10 bits per heavy atom. The van der Waals surface area contributed by atoms with E-state index in [9.17, 15) is 0 Å². The number of benzene rings is 1. The Morgan fingerprint density at radius 3 is 2.75 bits per heavy atom. The molecule has 0 aliphatic rings. The largest absolute Gasteiger partial charge is 0.444 e. The number of aromatic nitrogens is 2. The van der Waals surface area contributed by atoms with E-state index in [0.717, 1.165) is 29.4 Å². The zero-order chi connectivity index (χ0) is 13.9. The van der Waals surface area contributed by atoms with Crippen molar-refractivity contribution in [2.45, 2.75) is 26.9 Å². The highest BCUT2D eigenvalue weighted by molar-refractivity contribution is 5.81. The van der Waals surface area contributed by atoms with Crippen LogP contribution in [-0.4, -0.2) is 9.97 Å². The van der Waals surface area contributed by atoms with E-state index < -0.39 is 0 Å². The summed E-state index contributed by atoms with van der Waals surface area (Å²) in [6.45, 7) is 5.29. The van der Waals surface area contributed by atoms with Gasteiger partial charge in [0, 0.05) is 18.1 Å². The zero-order valence-corrected chi connectivity index (χ0v) is 11.7. The summed E-state index contributed by atoms with van der Waals surface area (Å²) < 4.78 is 5.55. The second kappa shape index (κ2) is 5.43. The molecule has 0 atom stereocenters. The molecule has 0 aliphatic heterocycles. The second-order valence-electron chi connectivity index (χ2n) is 4.84. The summed E-state index contributed by atoms with van der Waals surface area (Å²) in [6.07, 6.45) is 1.85. The molecule has 102 valence electrons. The molecule has 0 radical (unpaired) electrons. The molecule has 1 aromatic carbocycles. The van der Waals surface area contributed by atoms with Crippen LogP contribution in [0.4, 0.5) is 0 Å². The fourth-order valence-corrected chi connectivity index (χ4v) is 2.23. The molecule has 2 aromatic heterocycles. The monoisotopic (exact) mass is 267 g/mol. The first kappa shape index (κ1) is 12.8. The lowest BCUT2D eigenvalue weighted by Gasteiger charge is -2.06. The summed E-state index contributed by atoms with van der Waals surface area (Å²) in [5.41, 5.74) is 3.21. The molecule has 3 aromatic rings. The molecular weight excluding hydrogens is 250 g/mol. The van der Waals surface area contributed by atoms with Crippen LogP contribution in [0, 0.1) is 13.8 Å². The highest BCUT2D eigenvalue weighted by Gasteiger charge is 2.05. The maximum absolute atomic E-state index is 5.55. The molecule has 0 saturated carbocycles. The summed E-state index contributed by atoms with van der Waals surface area (Å²) in [4.78, 5) is 8.73. The van der Waals surface area contributed by atoms with Gasteiger partial charge in [-0.2, -0.15) is 0 Å². The minimum Gasteiger partial charge on any atom is -0.444 e. The van der Waals surface area contributed by atoms with Gasteiger partial charge in [-0.05, 0) is 31.5 Å². The third kappa shape index (κ3) is 2.56. The number of pyridine rings is 1. The molecule has 0 amide bonds. The van der Waals surface area contributed by atoms with Crippen LogP contribution in [0.1, 0.15) is 22.9 Å². The van der Waals surface area contributed by atoms with Gasteiger partial charge in [0.05, 0.1) is 17.8 Å². The van der Waals surface area contributed by atoms with E-state index >= 15 is 0 Å². The molecule has 0 bridgehead atoms. The summed E-state index contributed by atoms with van der Waals surface area (Å²) in [6, 6.07) is 10.2. The lowest BCUT2D eigenvalue weighted by molar-refractivity contribution is 0.449. The van der Waals surface area contributed by atoms with Gasteiger partial charge in [-0.25, -0.2) is 4.98 Å². The Hall–Kier alpha value is -2.20. The van der Waals surface area contributed by atoms with Crippen molar-refractivity contribution in [3.63, 3.8) is 0 Å². The van der Waals surface area contributed by atoms with Gasteiger partial charge in [0.1, 0.15) is 5.76 Å². The molecule has 3 rings (SSSR count).